The molecule has 1 aromatic rings. The zero-order chi connectivity index (χ0) is 8.43. The van der Waals surface area contributed by atoms with Crippen LogP contribution in [0.2, 0.25) is 0 Å². The lowest BCUT2D eigenvalue weighted by Gasteiger charge is -2.02. The van der Waals surface area contributed by atoms with Crippen LogP contribution in [-0.2, 0) is 13.6 Å². The molecule has 1 unspecified atom stereocenters. The fraction of sp³-hybridized carbons (Fsp3) is 0.571. The summed E-state index contributed by atoms with van der Waals surface area (Å²) in [5.41, 5.74) is -0.0918. The normalized spacial score (nSPS) is 13.4. The number of hydrogen-bond acceptors (Lipinski definition) is 2. The molecule has 0 amide bonds. The zero-order valence-corrected chi connectivity index (χ0v) is 6.69. The molecule has 0 fully saturated rings. The second-order valence-corrected chi connectivity index (χ2v) is 2.69. The van der Waals surface area contributed by atoms with Gasteiger partial charge in [-0.2, -0.15) is 0 Å². The van der Waals surface area contributed by atoms with Crippen LogP contribution in [0.4, 0.5) is 0 Å². The Kier molecular flexibility index (Phi) is 2.14. The second kappa shape index (κ2) is 2.92. The minimum absolute atomic E-state index is 0.0918. The minimum atomic E-state index is -0.477. The van der Waals surface area contributed by atoms with Crippen LogP contribution < -0.4 is 5.69 Å². The topological polar surface area (TPSA) is 47.2 Å². The average Bonchev–Trinajstić information content (AvgIpc) is 2.18. The van der Waals surface area contributed by atoms with E-state index in [0.717, 1.165) is 0 Å². The summed E-state index contributed by atoms with van der Waals surface area (Å²) in [7, 11) is 1.68. The highest BCUT2D eigenvalue weighted by atomic mass is 16.3. The van der Waals surface area contributed by atoms with Crippen molar-refractivity contribution >= 4 is 0 Å². The summed E-state index contributed by atoms with van der Waals surface area (Å²) in [6, 6.07) is 0. The summed E-state index contributed by atoms with van der Waals surface area (Å²) >= 11 is 0. The van der Waals surface area contributed by atoms with E-state index in [4.69, 9.17) is 5.11 Å². The molecule has 4 nitrogen and oxygen atoms in total. The van der Waals surface area contributed by atoms with Gasteiger partial charge in [0.2, 0.25) is 0 Å². The Morgan fingerprint density at radius 3 is 2.64 bits per heavy atom. The number of hydrogen-bond donors (Lipinski definition) is 1. The lowest BCUT2D eigenvalue weighted by Crippen LogP contribution is -2.25. The monoisotopic (exact) mass is 156 g/mol. The minimum Gasteiger partial charge on any atom is -0.392 e. The third-order valence-corrected chi connectivity index (χ3v) is 1.48. The molecule has 0 bridgehead atoms. The van der Waals surface area contributed by atoms with Crippen molar-refractivity contribution < 1.29 is 5.11 Å². The molecule has 0 aliphatic heterocycles. The van der Waals surface area contributed by atoms with Gasteiger partial charge < -0.3 is 9.67 Å². The van der Waals surface area contributed by atoms with E-state index >= 15 is 0 Å². The highest BCUT2D eigenvalue weighted by Gasteiger charge is 2.01. The van der Waals surface area contributed by atoms with E-state index in [2.05, 4.69) is 0 Å². The maximum absolute atomic E-state index is 11.1. The van der Waals surface area contributed by atoms with Gasteiger partial charge in [0.15, 0.2) is 0 Å². The Morgan fingerprint density at radius 2 is 2.27 bits per heavy atom. The summed E-state index contributed by atoms with van der Waals surface area (Å²) in [5, 5.41) is 8.97. The number of aromatic nitrogens is 2. The Hall–Kier alpha value is -1.03. The van der Waals surface area contributed by atoms with E-state index in [-0.39, 0.29) is 5.69 Å². The molecule has 62 valence electrons. The first-order chi connectivity index (χ1) is 5.11. The van der Waals surface area contributed by atoms with Crippen LogP contribution in [0.25, 0.3) is 0 Å². The summed E-state index contributed by atoms with van der Waals surface area (Å²) in [6.45, 7) is 2.01. The molecule has 4 heteroatoms. The van der Waals surface area contributed by atoms with Crippen LogP contribution in [0.1, 0.15) is 6.92 Å². The van der Waals surface area contributed by atoms with Crippen LogP contribution in [-0.4, -0.2) is 20.3 Å². The molecular formula is C7H12N2O2. The van der Waals surface area contributed by atoms with Gasteiger partial charge in [0, 0.05) is 19.4 Å². The third kappa shape index (κ3) is 1.71. The van der Waals surface area contributed by atoms with Crippen LogP contribution >= 0.6 is 0 Å². The molecule has 1 aromatic heterocycles. The number of imidazole rings is 1. The largest absolute Gasteiger partial charge is 0.392 e. The number of nitrogens with zero attached hydrogens (tertiary/aromatic N) is 2. The number of aryl methyl sites for hydroxylation is 1. The predicted molar refractivity (Wildman–Crippen MR) is 41.4 cm³/mol. The highest BCUT2D eigenvalue weighted by molar-refractivity contribution is 4.80. The first-order valence-corrected chi connectivity index (χ1v) is 3.51. The average molecular weight is 156 g/mol. The summed E-state index contributed by atoms with van der Waals surface area (Å²) < 4.78 is 2.95. The van der Waals surface area contributed by atoms with Gasteiger partial charge in [0.05, 0.1) is 12.6 Å². The third-order valence-electron chi connectivity index (χ3n) is 1.48. The van der Waals surface area contributed by atoms with Crippen molar-refractivity contribution in [2.24, 2.45) is 7.05 Å². The van der Waals surface area contributed by atoms with Crippen LogP contribution in [0.5, 0.6) is 0 Å². The molecule has 0 saturated heterocycles. The van der Waals surface area contributed by atoms with E-state index in [1.54, 1.807) is 26.4 Å². The Morgan fingerprint density at radius 1 is 1.64 bits per heavy atom. The Balaban J connectivity index is 2.88. The summed E-state index contributed by atoms with van der Waals surface area (Å²) in [5.74, 6) is 0. The van der Waals surface area contributed by atoms with Gasteiger partial charge in [-0.3, -0.25) is 4.57 Å². The van der Waals surface area contributed by atoms with Crippen LogP contribution in [0.3, 0.4) is 0 Å². The maximum Gasteiger partial charge on any atom is 0.327 e. The van der Waals surface area contributed by atoms with E-state index in [1.165, 1.54) is 9.13 Å². The van der Waals surface area contributed by atoms with Gasteiger partial charge >= 0.3 is 5.69 Å². The van der Waals surface area contributed by atoms with Gasteiger partial charge in [-0.15, -0.1) is 0 Å². The van der Waals surface area contributed by atoms with Gasteiger partial charge in [0.1, 0.15) is 0 Å². The van der Waals surface area contributed by atoms with Crippen molar-refractivity contribution in [1.29, 1.82) is 0 Å². The van der Waals surface area contributed by atoms with E-state index in [9.17, 15) is 4.79 Å². The van der Waals surface area contributed by atoms with Crippen molar-refractivity contribution in [2.45, 2.75) is 19.6 Å². The first kappa shape index (κ1) is 8.07. The van der Waals surface area contributed by atoms with E-state index in [0.29, 0.717) is 6.54 Å². The van der Waals surface area contributed by atoms with Gasteiger partial charge in [-0.1, -0.05) is 0 Å². The van der Waals surface area contributed by atoms with Crippen LogP contribution in [0, 0.1) is 0 Å². The van der Waals surface area contributed by atoms with Crippen LogP contribution in [0.15, 0.2) is 17.2 Å². The van der Waals surface area contributed by atoms with E-state index < -0.39 is 6.10 Å². The maximum atomic E-state index is 11.1. The van der Waals surface area contributed by atoms with Crippen molar-refractivity contribution in [2.75, 3.05) is 0 Å². The molecule has 1 atom stereocenters. The van der Waals surface area contributed by atoms with Gasteiger partial charge in [-0.25, -0.2) is 4.79 Å². The van der Waals surface area contributed by atoms with Gasteiger partial charge in [0.25, 0.3) is 0 Å². The van der Waals surface area contributed by atoms with Gasteiger partial charge in [-0.05, 0) is 6.92 Å². The molecule has 11 heavy (non-hydrogen) atoms. The highest BCUT2D eigenvalue weighted by Crippen LogP contribution is 1.86. The number of aliphatic hydroxyl groups is 1. The number of aliphatic hydroxyl groups excluding tert-OH is 1. The first-order valence-electron chi connectivity index (χ1n) is 3.51. The SMILES string of the molecule is CC(O)Cn1ccn(C)c1=O. The molecule has 0 aliphatic rings. The Labute approximate surface area is 64.7 Å². The predicted octanol–water partition coefficient (Wildman–Crippen LogP) is -0.432. The molecule has 0 radical (unpaired) electrons. The molecule has 0 spiro atoms. The summed E-state index contributed by atoms with van der Waals surface area (Å²) in [6.07, 6.45) is 2.86. The molecule has 1 N–H and O–H groups in total. The summed E-state index contributed by atoms with van der Waals surface area (Å²) in [4.78, 5) is 11.1. The lowest BCUT2D eigenvalue weighted by molar-refractivity contribution is 0.172. The van der Waals surface area contributed by atoms with Crippen molar-refractivity contribution in [1.82, 2.24) is 9.13 Å². The van der Waals surface area contributed by atoms with E-state index in [1.807, 2.05) is 0 Å². The Bertz CT molecular complexity index is 285. The molecule has 1 rings (SSSR count). The smallest absolute Gasteiger partial charge is 0.327 e. The molecular weight excluding hydrogens is 144 g/mol. The second-order valence-electron chi connectivity index (χ2n) is 2.69. The van der Waals surface area contributed by atoms with Crippen molar-refractivity contribution in [3.8, 4) is 0 Å². The fourth-order valence-electron chi connectivity index (χ4n) is 0.934. The molecule has 1 heterocycles. The molecule has 0 saturated carbocycles. The quantitative estimate of drug-likeness (QED) is 0.631. The zero-order valence-electron chi connectivity index (χ0n) is 6.69. The fourth-order valence-corrected chi connectivity index (χ4v) is 0.934. The van der Waals surface area contributed by atoms with Crippen molar-refractivity contribution in [3.05, 3.63) is 22.9 Å². The molecule has 0 aliphatic carbocycles. The van der Waals surface area contributed by atoms with Crippen molar-refractivity contribution in [3.63, 3.8) is 0 Å². The standard InChI is InChI=1S/C7H12N2O2/c1-6(10)5-9-4-3-8(2)7(9)11/h3-4,6,10H,5H2,1-2H3. The lowest BCUT2D eigenvalue weighted by atomic mass is 10.4. The molecule has 0 aromatic carbocycles. The number of rotatable bonds is 2.